The van der Waals surface area contributed by atoms with Crippen LogP contribution in [-0.4, -0.2) is 31.2 Å². The van der Waals surface area contributed by atoms with Crippen molar-refractivity contribution in [2.45, 2.75) is 0 Å². The van der Waals surface area contributed by atoms with Gasteiger partial charge in [-0.2, -0.15) is 5.10 Å². The van der Waals surface area contributed by atoms with Gasteiger partial charge in [-0.3, -0.25) is 10.2 Å². The van der Waals surface area contributed by atoms with Crippen molar-refractivity contribution in [3.63, 3.8) is 0 Å². The van der Waals surface area contributed by atoms with Gasteiger partial charge in [0.25, 0.3) is 5.91 Å². The van der Waals surface area contributed by atoms with Gasteiger partial charge in [0.15, 0.2) is 0 Å². The van der Waals surface area contributed by atoms with E-state index in [4.69, 9.17) is 11.6 Å². The summed E-state index contributed by atoms with van der Waals surface area (Å²) in [5, 5.41) is 11.0. The molecule has 0 aliphatic heterocycles. The van der Waals surface area contributed by atoms with E-state index in [1.165, 1.54) is 22.7 Å². The molecular formula is C23H20ClN5OS2. The zero-order valence-corrected chi connectivity index (χ0v) is 19.8. The summed E-state index contributed by atoms with van der Waals surface area (Å²) < 4.78 is 0. The first-order valence-electron chi connectivity index (χ1n) is 9.67. The molecule has 0 bridgehead atoms. The number of halogens is 1. The molecule has 2 aromatic heterocycles. The van der Waals surface area contributed by atoms with Crippen LogP contribution in [0, 0.1) is 0 Å². The van der Waals surface area contributed by atoms with Crippen LogP contribution >= 0.6 is 34.3 Å². The number of nitrogens with zero attached hydrogens (tertiary/aromatic N) is 3. The number of thiazole rings is 1. The van der Waals surface area contributed by atoms with Crippen molar-refractivity contribution in [2.75, 3.05) is 29.7 Å². The quantitative estimate of drug-likeness (QED) is 0.240. The van der Waals surface area contributed by atoms with Crippen molar-refractivity contribution in [2.24, 2.45) is 5.10 Å². The smallest absolute Gasteiger partial charge is 0.266 e. The fraction of sp³-hybridized carbons (Fsp3) is 0.0870. The minimum Gasteiger partial charge on any atom is -0.378 e. The Morgan fingerprint density at radius 3 is 2.50 bits per heavy atom. The number of rotatable bonds is 7. The number of amides is 1. The molecule has 0 saturated heterocycles. The Morgan fingerprint density at radius 2 is 1.84 bits per heavy atom. The average molecular weight is 482 g/mol. The van der Waals surface area contributed by atoms with Crippen molar-refractivity contribution >= 4 is 62.2 Å². The molecule has 2 aromatic carbocycles. The normalized spacial score (nSPS) is 11.0. The van der Waals surface area contributed by atoms with Crippen LogP contribution in [0.5, 0.6) is 0 Å². The number of benzene rings is 2. The topological polar surface area (TPSA) is 69.6 Å². The Bertz CT molecular complexity index is 1220. The van der Waals surface area contributed by atoms with Gasteiger partial charge in [-0.25, -0.2) is 4.98 Å². The number of carbonyl (C=O) groups is 1. The third-order valence-corrected chi connectivity index (χ3v) is 6.50. The number of hydrogen-bond donors (Lipinski definition) is 2. The number of carbonyl (C=O) groups excluding carboxylic acids is 1. The Kier molecular flexibility index (Phi) is 6.84. The molecule has 0 atom stereocenters. The predicted octanol–water partition coefficient (Wildman–Crippen LogP) is 6.29. The van der Waals surface area contributed by atoms with E-state index in [-0.39, 0.29) is 5.91 Å². The first-order chi connectivity index (χ1) is 15.5. The lowest BCUT2D eigenvalue weighted by atomic mass is 10.1. The number of nitrogens with one attached hydrogen (secondary N) is 2. The van der Waals surface area contributed by atoms with E-state index in [0.717, 1.165) is 16.8 Å². The average Bonchev–Trinajstić information content (AvgIpc) is 3.45. The Morgan fingerprint density at radius 1 is 1.09 bits per heavy atom. The van der Waals surface area contributed by atoms with Crippen LogP contribution in [0.1, 0.15) is 15.2 Å². The maximum absolute atomic E-state index is 12.6. The number of hydrazone groups is 1. The van der Waals surface area contributed by atoms with E-state index in [2.05, 4.69) is 20.8 Å². The highest BCUT2D eigenvalue weighted by Gasteiger charge is 2.17. The van der Waals surface area contributed by atoms with E-state index < -0.39 is 0 Å². The Labute approximate surface area is 199 Å². The highest BCUT2D eigenvalue weighted by molar-refractivity contribution is 7.20. The molecular weight excluding hydrogens is 462 g/mol. The first-order valence-corrected chi connectivity index (χ1v) is 11.7. The second-order valence-electron chi connectivity index (χ2n) is 6.99. The van der Waals surface area contributed by atoms with Crippen LogP contribution in [0.4, 0.5) is 15.8 Å². The standard InChI is InChI=1S/C23H20ClN5OS2/c1-29(2)18-11-5-15(6-12-18)14-25-28-23-26-20(16-7-9-17(24)10-8-16)22(32-23)27-21(30)19-4-3-13-31-19/h3-14H,1-2H3,(H,26,28)(H,27,30)/b25-14-. The summed E-state index contributed by atoms with van der Waals surface area (Å²) in [6.07, 6.45) is 1.73. The van der Waals surface area contributed by atoms with Crippen LogP contribution in [0.25, 0.3) is 11.3 Å². The highest BCUT2D eigenvalue weighted by atomic mass is 35.5. The number of anilines is 3. The van der Waals surface area contributed by atoms with Gasteiger partial charge in [-0.1, -0.05) is 53.3 Å². The fourth-order valence-electron chi connectivity index (χ4n) is 2.85. The maximum Gasteiger partial charge on any atom is 0.266 e. The van der Waals surface area contributed by atoms with Crippen molar-refractivity contribution in [3.05, 3.63) is 81.5 Å². The predicted molar refractivity (Wildman–Crippen MR) is 137 cm³/mol. The van der Waals surface area contributed by atoms with Crippen molar-refractivity contribution in [3.8, 4) is 11.3 Å². The third kappa shape index (κ3) is 5.34. The summed E-state index contributed by atoms with van der Waals surface area (Å²) in [5.74, 6) is -0.171. The Balaban J connectivity index is 1.55. The molecule has 0 aliphatic carbocycles. The third-order valence-electron chi connectivity index (χ3n) is 4.50. The Hall–Kier alpha value is -3.20. The van der Waals surface area contributed by atoms with Crippen LogP contribution in [0.3, 0.4) is 0 Å². The number of aromatic nitrogens is 1. The zero-order chi connectivity index (χ0) is 22.5. The van der Waals surface area contributed by atoms with Gasteiger partial charge in [-0.15, -0.1) is 11.3 Å². The minimum absolute atomic E-state index is 0.171. The SMILES string of the molecule is CN(C)c1ccc(/C=N\Nc2nc(-c3ccc(Cl)cc3)c(NC(=O)c3cccs3)s2)cc1. The molecule has 162 valence electrons. The molecule has 32 heavy (non-hydrogen) atoms. The first kappa shape index (κ1) is 22.0. The molecule has 9 heteroatoms. The van der Waals surface area contributed by atoms with Gasteiger partial charge in [-0.05, 0) is 41.3 Å². The second-order valence-corrected chi connectivity index (χ2v) is 9.37. The fourth-order valence-corrected chi connectivity index (χ4v) is 4.43. The zero-order valence-electron chi connectivity index (χ0n) is 17.4. The molecule has 4 rings (SSSR count). The van der Waals surface area contributed by atoms with Crippen LogP contribution in [0.15, 0.2) is 71.1 Å². The van der Waals surface area contributed by atoms with E-state index in [1.807, 2.05) is 66.8 Å². The lowest BCUT2D eigenvalue weighted by Crippen LogP contribution is -2.09. The van der Waals surface area contributed by atoms with Crippen LogP contribution < -0.4 is 15.6 Å². The van der Waals surface area contributed by atoms with Crippen molar-refractivity contribution < 1.29 is 4.79 Å². The molecule has 0 unspecified atom stereocenters. The molecule has 0 fully saturated rings. The monoisotopic (exact) mass is 481 g/mol. The summed E-state index contributed by atoms with van der Waals surface area (Å²) in [6, 6.07) is 19.0. The van der Waals surface area contributed by atoms with E-state index in [0.29, 0.717) is 25.7 Å². The van der Waals surface area contributed by atoms with Gasteiger partial charge in [0, 0.05) is 30.4 Å². The summed E-state index contributed by atoms with van der Waals surface area (Å²) in [7, 11) is 4.00. The summed E-state index contributed by atoms with van der Waals surface area (Å²) in [5.41, 5.74) is 6.56. The van der Waals surface area contributed by atoms with Crippen molar-refractivity contribution in [1.82, 2.24) is 4.98 Å². The van der Waals surface area contributed by atoms with Crippen LogP contribution in [-0.2, 0) is 0 Å². The second kappa shape index (κ2) is 9.95. The largest absolute Gasteiger partial charge is 0.378 e. The van der Waals surface area contributed by atoms with E-state index in [1.54, 1.807) is 24.4 Å². The van der Waals surface area contributed by atoms with E-state index in [9.17, 15) is 4.79 Å². The molecule has 0 radical (unpaired) electrons. The van der Waals surface area contributed by atoms with Gasteiger partial charge in [0.1, 0.15) is 10.7 Å². The van der Waals surface area contributed by atoms with Gasteiger partial charge in [0.05, 0.1) is 11.1 Å². The molecule has 4 aromatic rings. The molecule has 1 amide bonds. The molecule has 2 heterocycles. The van der Waals surface area contributed by atoms with Gasteiger partial charge < -0.3 is 10.2 Å². The maximum atomic E-state index is 12.6. The molecule has 0 spiro atoms. The van der Waals surface area contributed by atoms with Gasteiger partial charge >= 0.3 is 0 Å². The number of hydrogen-bond acceptors (Lipinski definition) is 7. The van der Waals surface area contributed by atoms with Crippen molar-refractivity contribution in [1.29, 1.82) is 0 Å². The molecule has 2 N–H and O–H groups in total. The lowest BCUT2D eigenvalue weighted by molar-refractivity contribution is 0.103. The molecule has 6 nitrogen and oxygen atoms in total. The van der Waals surface area contributed by atoms with Gasteiger partial charge in [0.2, 0.25) is 5.13 Å². The minimum atomic E-state index is -0.171. The highest BCUT2D eigenvalue weighted by Crippen LogP contribution is 2.36. The van der Waals surface area contributed by atoms with Crippen LogP contribution in [0.2, 0.25) is 5.02 Å². The summed E-state index contributed by atoms with van der Waals surface area (Å²) >= 11 is 8.74. The molecule has 0 aliphatic rings. The number of thiophene rings is 1. The lowest BCUT2D eigenvalue weighted by Gasteiger charge is -2.11. The summed E-state index contributed by atoms with van der Waals surface area (Å²) in [6.45, 7) is 0. The molecule has 0 saturated carbocycles. The van der Waals surface area contributed by atoms with E-state index >= 15 is 0 Å². The summed E-state index contributed by atoms with van der Waals surface area (Å²) in [4.78, 5) is 19.9.